The molecule has 0 aromatic carbocycles. The third kappa shape index (κ3) is 1.90. The Hall–Kier alpha value is -2.19. The van der Waals surface area contributed by atoms with E-state index < -0.39 is 5.56 Å². The van der Waals surface area contributed by atoms with Crippen LogP contribution in [0.15, 0.2) is 27.7 Å². The molecular formula is C12H7N2O2S. The van der Waals surface area contributed by atoms with Crippen LogP contribution in [0.2, 0.25) is 0 Å². The largest absolute Gasteiger partial charge is 0.289 e. The van der Waals surface area contributed by atoms with Crippen LogP contribution in [0.25, 0.3) is 0 Å². The van der Waals surface area contributed by atoms with Crippen molar-refractivity contribution < 1.29 is 4.79 Å². The van der Waals surface area contributed by atoms with Crippen molar-refractivity contribution in [1.29, 1.82) is 5.26 Å². The maximum Gasteiger partial charge on any atom is 0.272 e. The molecule has 2 aromatic heterocycles. The van der Waals surface area contributed by atoms with Crippen LogP contribution < -0.4 is 5.56 Å². The number of thiophene rings is 1. The molecule has 0 spiro atoms. The second-order valence-electron chi connectivity index (χ2n) is 3.37. The Labute approximate surface area is 101 Å². The lowest BCUT2D eigenvalue weighted by molar-refractivity contribution is 0.103. The van der Waals surface area contributed by atoms with E-state index in [2.05, 4.69) is 6.07 Å². The summed E-state index contributed by atoms with van der Waals surface area (Å²) in [6.07, 6.45) is 1.73. The van der Waals surface area contributed by atoms with Gasteiger partial charge in [-0.25, -0.2) is 4.57 Å². The van der Waals surface area contributed by atoms with Gasteiger partial charge in [0.05, 0.1) is 6.07 Å². The molecule has 0 aliphatic heterocycles. The number of carbonyl (C=O) groups is 1. The normalized spacial score (nSPS) is 9.88. The molecule has 0 bridgehead atoms. The highest BCUT2D eigenvalue weighted by atomic mass is 32.1. The van der Waals surface area contributed by atoms with Gasteiger partial charge in [-0.1, -0.05) is 0 Å². The third-order valence-electron chi connectivity index (χ3n) is 2.40. The molecule has 0 saturated carbocycles. The minimum Gasteiger partial charge on any atom is -0.289 e. The van der Waals surface area contributed by atoms with Crippen LogP contribution in [-0.2, 0) is 0 Å². The smallest absolute Gasteiger partial charge is 0.272 e. The zero-order valence-corrected chi connectivity index (χ0v) is 9.75. The average Bonchev–Trinajstić information content (AvgIpc) is 2.82. The van der Waals surface area contributed by atoms with Gasteiger partial charge < -0.3 is 0 Å². The quantitative estimate of drug-likeness (QED) is 0.752. The van der Waals surface area contributed by atoms with E-state index in [0.29, 0.717) is 16.8 Å². The molecule has 0 amide bonds. The van der Waals surface area contributed by atoms with Crippen LogP contribution in [0.1, 0.15) is 21.6 Å². The van der Waals surface area contributed by atoms with E-state index in [4.69, 9.17) is 5.26 Å². The lowest BCUT2D eigenvalue weighted by Crippen LogP contribution is -2.21. The van der Waals surface area contributed by atoms with Gasteiger partial charge in [0.15, 0.2) is 12.0 Å². The van der Waals surface area contributed by atoms with E-state index in [0.717, 1.165) is 4.57 Å². The van der Waals surface area contributed by atoms with Crippen LogP contribution in [0.5, 0.6) is 0 Å². The summed E-state index contributed by atoms with van der Waals surface area (Å²) in [5, 5.41) is 12.3. The van der Waals surface area contributed by atoms with Gasteiger partial charge in [0.1, 0.15) is 0 Å². The van der Waals surface area contributed by atoms with E-state index in [-0.39, 0.29) is 5.78 Å². The van der Waals surface area contributed by atoms with Gasteiger partial charge in [-0.15, -0.1) is 0 Å². The summed E-state index contributed by atoms with van der Waals surface area (Å²) >= 11 is 1.42. The highest BCUT2D eigenvalue weighted by Crippen LogP contribution is 2.14. The molecule has 0 N–H and O–H groups in total. The summed E-state index contributed by atoms with van der Waals surface area (Å²) in [5.41, 5.74) is 0.665. The van der Waals surface area contributed by atoms with E-state index in [1.54, 1.807) is 29.9 Å². The fourth-order valence-corrected chi connectivity index (χ4v) is 2.11. The van der Waals surface area contributed by atoms with Gasteiger partial charge in [0, 0.05) is 22.2 Å². The van der Waals surface area contributed by atoms with Crippen molar-refractivity contribution in [2.24, 2.45) is 0 Å². The first kappa shape index (κ1) is 11.3. The number of aromatic nitrogens is 1. The summed E-state index contributed by atoms with van der Waals surface area (Å²) in [6.45, 7) is 1.57. The maximum atomic E-state index is 12.1. The second kappa shape index (κ2) is 4.36. The van der Waals surface area contributed by atoms with Gasteiger partial charge in [0.2, 0.25) is 0 Å². The number of carbonyl (C=O) groups excluding carboxylic acids is 1. The number of hydrogen-bond acceptors (Lipinski definition) is 4. The molecule has 0 fully saturated rings. The molecular weight excluding hydrogens is 236 g/mol. The van der Waals surface area contributed by atoms with Gasteiger partial charge in [-0.2, -0.15) is 16.6 Å². The van der Waals surface area contributed by atoms with E-state index in [1.165, 1.54) is 17.4 Å². The molecule has 1 radical (unpaired) electrons. The van der Waals surface area contributed by atoms with Gasteiger partial charge in [-0.05, 0) is 24.4 Å². The molecule has 2 aromatic rings. The average molecular weight is 243 g/mol. The fraction of sp³-hybridized carbons (Fsp3) is 0.0833. The Bertz CT molecular complexity index is 663. The van der Waals surface area contributed by atoms with Crippen LogP contribution >= 0.6 is 11.3 Å². The predicted molar refractivity (Wildman–Crippen MR) is 63.0 cm³/mol. The standard InChI is InChI=1S/C12H7N2O2S/c1-8-10(2-3-11(15)14(8)7-13)12(16)9-4-5-17-6-9/h2,4-6H,1H3. The molecule has 2 heterocycles. The van der Waals surface area contributed by atoms with Crippen LogP contribution in [0.3, 0.4) is 0 Å². The van der Waals surface area contributed by atoms with Crippen molar-refractivity contribution in [2.45, 2.75) is 6.92 Å². The van der Waals surface area contributed by atoms with Crippen LogP contribution in [0, 0.1) is 24.4 Å². The van der Waals surface area contributed by atoms with Crippen LogP contribution in [0.4, 0.5) is 0 Å². The zero-order valence-electron chi connectivity index (χ0n) is 8.93. The predicted octanol–water partition coefficient (Wildman–Crippen LogP) is 1.58. The summed E-state index contributed by atoms with van der Waals surface area (Å²) in [5.74, 6) is -0.205. The molecule has 17 heavy (non-hydrogen) atoms. The van der Waals surface area contributed by atoms with Crippen molar-refractivity contribution >= 4 is 17.1 Å². The van der Waals surface area contributed by atoms with Gasteiger partial charge in [-0.3, -0.25) is 9.59 Å². The van der Waals surface area contributed by atoms with Crippen molar-refractivity contribution in [1.82, 2.24) is 4.57 Å². The van der Waals surface area contributed by atoms with Crippen molar-refractivity contribution in [2.75, 3.05) is 0 Å². The second-order valence-corrected chi connectivity index (χ2v) is 4.15. The number of pyridine rings is 1. The molecule has 2 rings (SSSR count). The number of ketones is 1. The third-order valence-corrected chi connectivity index (χ3v) is 3.08. The number of hydrogen-bond donors (Lipinski definition) is 0. The molecule has 0 aliphatic carbocycles. The Morgan fingerprint density at radius 3 is 2.94 bits per heavy atom. The summed E-state index contributed by atoms with van der Waals surface area (Å²) < 4.78 is 0.861. The summed E-state index contributed by atoms with van der Waals surface area (Å²) in [6, 6.07) is 5.41. The first-order chi connectivity index (χ1) is 8.15. The molecule has 0 unspecified atom stereocenters. The summed E-state index contributed by atoms with van der Waals surface area (Å²) in [7, 11) is 0. The Kier molecular flexibility index (Phi) is 2.90. The minimum absolute atomic E-state index is 0.205. The van der Waals surface area contributed by atoms with Gasteiger partial charge >= 0.3 is 0 Å². The number of nitrogens with zero attached hydrogens (tertiary/aromatic N) is 2. The molecule has 4 nitrogen and oxygen atoms in total. The first-order valence-electron chi connectivity index (χ1n) is 4.76. The van der Waals surface area contributed by atoms with Crippen LogP contribution in [-0.4, -0.2) is 10.4 Å². The number of rotatable bonds is 2. The zero-order chi connectivity index (χ0) is 12.4. The topological polar surface area (TPSA) is 62.9 Å². The molecule has 0 saturated heterocycles. The summed E-state index contributed by atoms with van der Waals surface area (Å²) in [4.78, 5) is 23.4. The van der Waals surface area contributed by atoms with Crippen molar-refractivity contribution in [3.63, 3.8) is 0 Å². The first-order valence-corrected chi connectivity index (χ1v) is 5.70. The van der Waals surface area contributed by atoms with Crippen molar-refractivity contribution in [3.8, 4) is 6.19 Å². The Morgan fingerprint density at radius 2 is 2.35 bits per heavy atom. The fourth-order valence-electron chi connectivity index (χ4n) is 1.48. The van der Waals surface area contributed by atoms with E-state index in [1.807, 2.05) is 0 Å². The van der Waals surface area contributed by atoms with Crippen molar-refractivity contribution in [3.05, 3.63) is 56.1 Å². The highest BCUT2D eigenvalue weighted by molar-refractivity contribution is 7.08. The van der Waals surface area contributed by atoms with E-state index in [9.17, 15) is 9.59 Å². The minimum atomic E-state index is -0.549. The molecule has 0 aliphatic rings. The Balaban J connectivity index is 2.59. The van der Waals surface area contributed by atoms with Gasteiger partial charge in [0.25, 0.3) is 5.56 Å². The lowest BCUT2D eigenvalue weighted by Gasteiger charge is -2.05. The monoisotopic (exact) mass is 243 g/mol. The molecule has 5 heteroatoms. The Morgan fingerprint density at radius 1 is 1.59 bits per heavy atom. The van der Waals surface area contributed by atoms with E-state index >= 15 is 0 Å². The number of nitriles is 1. The maximum absolute atomic E-state index is 12.1. The SMILES string of the molecule is Cc1c(C(=O)c2ccsc2)c[c]c(=O)n1C#N. The molecule has 0 atom stereocenters. The highest BCUT2D eigenvalue weighted by Gasteiger charge is 2.15. The lowest BCUT2D eigenvalue weighted by atomic mass is 10.0. The molecule has 83 valence electrons.